The number of allylic oxidation sites excluding steroid dienone is 2. The van der Waals surface area contributed by atoms with Crippen LogP contribution in [0.2, 0.25) is 0 Å². The molecular weight excluding hydrogens is 402 g/mol. The summed E-state index contributed by atoms with van der Waals surface area (Å²) in [6.07, 6.45) is 3.06. The van der Waals surface area contributed by atoms with Crippen molar-refractivity contribution < 1.29 is 0 Å². The van der Waals surface area contributed by atoms with Gasteiger partial charge in [-0.15, -0.1) is 0 Å². The molecule has 6 heteroatoms. The van der Waals surface area contributed by atoms with Crippen LogP contribution in [0.5, 0.6) is 0 Å². The first-order chi connectivity index (χ1) is 13.0. The van der Waals surface area contributed by atoms with Gasteiger partial charge in [-0.3, -0.25) is 4.90 Å². The highest BCUT2D eigenvalue weighted by Crippen LogP contribution is 2.54. The van der Waals surface area contributed by atoms with Crippen LogP contribution in [0.4, 0.5) is 0 Å². The molecular formula is C21H20BrN5. The Balaban J connectivity index is 2.27. The predicted molar refractivity (Wildman–Crippen MR) is 106 cm³/mol. The molecule has 1 aliphatic heterocycles. The minimum atomic E-state index is -1.57. The Morgan fingerprint density at radius 3 is 2.63 bits per heavy atom. The third kappa shape index (κ3) is 3.04. The average Bonchev–Trinajstić information content (AvgIpc) is 2.67. The largest absolute Gasteiger partial charge is 0.399 e. The van der Waals surface area contributed by atoms with E-state index in [1.807, 2.05) is 30.3 Å². The highest BCUT2D eigenvalue weighted by molar-refractivity contribution is 9.10. The number of rotatable bonds is 3. The van der Waals surface area contributed by atoms with Gasteiger partial charge >= 0.3 is 0 Å². The van der Waals surface area contributed by atoms with Crippen LogP contribution in [-0.4, -0.2) is 24.5 Å². The van der Waals surface area contributed by atoms with Crippen LogP contribution < -0.4 is 5.73 Å². The number of benzene rings is 1. The first-order valence-corrected chi connectivity index (χ1v) is 9.72. The number of halogens is 1. The first kappa shape index (κ1) is 19.2. The second-order valence-electron chi connectivity index (χ2n) is 6.99. The minimum absolute atomic E-state index is 0.0754. The molecule has 2 N–H and O–H groups in total. The smallest absolute Gasteiger partial charge is 0.191 e. The van der Waals surface area contributed by atoms with Gasteiger partial charge in [-0.2, -0.15) is 15.8 Å². The van der Waals surface area contributed by atoms with Gasteiger partial charge in [0.05, 0.1) is 23.4 Å². The Bertz CT molecular complexity index is 927. The summed E-state index contributed by atoms with van der Waals surface area (Å²) in [4.78, 5) is 2.30. The molecule has 0 saturated heterocycles. The average molecular weight is 422 g/mol. The second kappa shape index (κ2) is 7.57. The van der Waals surface area contributed by atoms with E-state index in [2.05, 4.69) is 46.0 Å². The van der Waals surface area contributed by atoms with Crippen molar-refractivity contribution >= 4 is 15.9 Å². The van der Waals surface area contributed by atoms with Crippen LogP contribution in [0.15, 0.2) is 51.7 Å². The molecule has 27 heavy (non-hydrogen) atoms. The van der Waals surface area contributed by atoms with Crippen LogP contribution in [0.25, 0.3) is 0 Å². The molecule has 1 aliphatic carbocycles. The molecule has 3 rings (SSSR count). The van der Waals surface area contributed by atoms with Crippen LogP contribution in [0.1, 0.15) is 24.8 Å². The summed E-state index contributed by atoms with van der Waals surface area (Å²) in [5.41, 5.74) is 6.85. The molecule has 0 spiro atoms. The van der Waals surface area contributed by atoms with E-state index in [0.29, 0.717) is 12.1 Å². The van der Waals surface area contributed by atoms with Crippen LogP contribution in [0, 0.1) is 45.3 Å². The standard InChI is InChI=1S/C21H20BrN5/c1-2-7-27-8-6-16-17(10-23)20(26)21(12-24,13-25)19(18(16)11-27)14-4-3-5-15(22)9-14/h3-6,9,18-19H,2,7-8,11,26H2,1H3. The molecule has 0 bridgehead atoms. The summed E-state index contributed by atoms with van der Waals surface area (Å²) >= 11 is 3.49. The monoisotopic (exact) mass is 421 g/mol. The van der Waals surface area contributed by atoms with Crippen molar-refractivity contribution in [3.05, 3.63) is 57.2 Å². The number of nitriles is 3. The molecule has 0 fully saturated rings. The van der Waals surface area contributed by atoms with Gasteiger partial charge in [0.15, 0.2) is 5.41 Å². The van der Waals surface area contributed by atoms with Crippen LogP contribution >= 0.6 is 15.9 Å². The lowest BCUT2D eigenvalue weighted by Gasteiger charge is -2.45. The molecule has 5 nitrogen and oxygen atoms in total. The summed E-state index contributed by atoms with van der Waals surface area (Å²) in [6.45, 7) is 4.49. The zero-order chi connectivity index (χ0) is 19.6. The quantitative estimate of drug-likeness (QED) is 0.803. The fourth-order valence-electron chi connectivity index (χ4n) is 4.31. The summed E-state index contributed by atoms with van der Waals surface area (Å²) < 4.78 is 0.880. The van der Waals surface area contributed by atoms with Crippen molar-refractivity contribution in [2.75, 3.05) is 19.6 Å². The maximum Gasteiger partial charge on any atom is 0.191 e. The highest BCUT2D eigenvalue weighted by atomic mass is 79.9. The maximum atomic E-state index is 10.0. The lowest BCUT2D eigenvalue weighted by atomic mass is 9.58. The molecule has 136 valence electrons. The van der Waals surface area contributed by atoms with Gasteiger partial charge in [0.2, 0.25) is 0 Å². The maximum absolute atomic E-state index is 10.0. The summed E-state index contributed by atoms with van der Waals surface area (Å²) in [5.74, 6) is -0.575. The summed E-state index contributed by atoms with van der Waals surface area (Å²) in [7, 11) is 0. The van der Waals surface area contributed by atoms with Gasteiger partial charge < -0.3 is 5.73 Å². The zero-order valence-corrected chi connectivity index (χ0v) is 16.7. The molecule has 1 aromatic carbocycles. The Morgan fingerprint density at radius 2 is 2.04 bits per heavy atom. The lowest BCUT2D eigenvalue weighted by Crippen LogP contribution is -2.48. The number of hydrogen-bond acceptors (Lipinski definition) is 5. The van der Waals surface area contributed by atoms with Crippen molar-refractivity contribution in [3.8, 4) is 18.2 Å². The molecule has 0 saturated carbocycles. The molecule has 1 heterocycles. The van der Waals surface area contributed by atoms with E-state index in [1.54, 1.807) is 0 Å². The third-order valence-electron chi connectivity index (χ3n) is 5.49. The van der Waals surface area contributed by atoms with E-state index in [9.17, 15) is 15.8 Å². The number of hydrogen-bond donors (Lipinski definition) is 1. The van der Waals surface area contributed by atoms with Gasteiger partial charge in [0.25, 0.3) is 0 Å². The highest BCUT2D eigenvalue weighted by Gasteiger charge is 2.54. The molecule has 0 radical (unpaired) electrons. The van der Waals surface area contributed by atoms with E-state index in [1.165, 1.54) is 0 Å². The minimum Gasteiger partial charge on any atom is -0.399 e. The van der Waals surface area contributed by atoms with Gasteiger partial charge in [-0.1, -0.05) is 41.1 Å². The Hall–Kier alpha value is -2.59. The van der Waals surface area contributed by atoms with Gasteiger partial charge in [0.1, 0.15) is 6.07 Å². The summed E-state index contributed by atoms with van der Waals surface area (Å²) in [6, 6.07) is 14.2. The van der Waals surface area contributed by atoms with E-state index in [4.69, 9.17) is 5.73 Å². The second-order valence-corrected chi connectivity index (χ2v) is 7.91. The normalized spacial score (nSPS) is 24.2. The molecule has 0 amide bonds. The lowest BCUT2D eigenvalue weighted by molar-refractivity contribution is 0.207. The van der Waals surface area contributed by atoms with Gasteiger partial charge in [0, 0.05) is 29.4 Å². The van der Waals surface area contributed by atoms with Crippen LogP contribution in [0.3, 0.4) is 0 Å². The van der Waals surface area contributed by atoms with Gasteiger partial charge in [-0.25, -0.2) is 0 Å². The SMILES string of the molecule is CCCN1CC=C2C(C#N)=C(N)C(C#N)(C#N)C(c3cccc(Br)c3)C2C1. The molecule has 2 atom stereocenters. The number of fused-ring (bicyclic) bond motifs is 1. The molecule has 2 unspecified atom stereocenters. The Kier molecular flexibility index (Phi) is 5.38. The fourth-order valence-corrected chi connectivity index (χ4v) is 4.73. The third-order valence-corrected chi connectivity index (χ3v) is 5.98. The molecule has 0 aromatic heterocycles. The van der Waals surface area contributed by atoms with E-state index in [0.717, 1.165) is 35.1 Å². The number of nitrogens with two attached hydrogens (primary N) is 1. The fraction of sp³-hybridized carbons (Fsp3) is 0.381. The number of nitrogens with zero attached hydrogens (tertiary/aromatic N) is 4. The molecule has 1 aromatic rings. The predicted octanol–water partition coefficient (Wildman–Crippen LogP) is 3.58. The Labute approximate surface area is 168 Å². The van der Waals surface area contributed by atoms with Crippen molar-refractivity contribution in [2.24, 2.45) is 17.1 Å². The van der Waals surface area contributed by atoms with Gasteiger partial charge in [-0.05, 0) is 36.2 Å². The van der Waals surface area contributed by atoms with E-state index in [-0.39, 0.29) is 11.6 Å². The summed E-state index contributed by atoms with van der Waals surface area (Å²) in [5, 5.41) is 29.8. The zero-order valence-electron chi connectivity index (χ0n) is 15.1. The van der Waals surface area contributed by atoms with Crippen molar-refractivity contribution in [1.82, 2.24) is 4.90 Å². The van der Waals surface area contributed by atoms with E-state index < -0.39 is 11.3 Å². The molecule has 2 aliphatic rings. The van der Waals surface area contributed by atoms with Crippen molar-refractivity contribution in [2.45, 2.75) is 19.3 Å². The first-order valence-electron chi connectivity index (χ1n) is 8.93. The Morgan fingerprint density at radius 1 is 1.30 bits per heavy atom. The van der Waals surface area contributed by atoms with E-state index >= 15 is 0 Å². The van der Waals surface area contributed by atoms with Crippen LogP contribution in [-0.2, 0) is 0 Å². The topological polar surface area (TPSA) is 101 Å². The van der Waals surface area contributed by atoms with Crippen molar-refractivity contribution in [3.63, 3.8) is 0 Å². The van der Waals surface area contributed by atoms with Crippen molar-refractivity contribution in [1.29, 1.82) is 15.8 Å².